The smallest absolute Gasteiger partial charge is 0.407 e. The second-order valence-electron chi connectivity index (χ2n) is 5.53. The fourth-order valence-electron chi connectivity index (χ4n) is 2.44. The maximum Gasteiger partial charge on any atom is 0.407 e. The third kappa shape index (κ3) is 3.05. The summed E-state index contributed by atoms with van der Waals surface area (Å²) in [5.41, 5.74) is 0.326. The maximum atomic E-state index is 10.9. The summed E-state index contributed by atoms with van der Waals surface area (Å²) in [6.07, 6.45) is 3.56. The Kier molecular flexibility index (Phi) is 3.60. The third-order valence-corrected chi connectivity index (χ3v) is 3.85. The molecule has 110 valence electrons. The van der Waals surface area contributed by atoms with Crippen LogP contribution in [0.2, 0.25) is 0 Å². The fraction of sp³-hybridized carbons (Fsp3) is 0.571. The predicted octanol–water partition coefficient (Wildman–Crippen LogP) is 1.60. The molecule has 1 aliphatic heterocycles. The van der Waals surface area contributed by atoms with Crippen molar-refractivity contribution in [2.24, 2.45) is 5.92 Å². The van der Waals surface area contributed by atoms with Gasteiger partial charge in [0.25, 0.3) is 0 Å². The van der Waals surface area contributed by atoms with Crippen LogP contribution >= 0.6 is 0 Å². The van der Waals surface area contributed by atoms with Gasteiger partial charge in [-0.3, -0.25) is 0 Å². The highest BCUT2D eigenvalue weighted by Crippen LogP contribution is 2.38. The van der Waals surface area contributed by atoms with E-state index in [1.165, 1.54) is 11.1 Å². The number of nitrogens with zero attached hydrogens (tertiary/aromatic N) is 4. The van der Waals surface area contributed by atoms with E-state index in [0.29, 0.717) is 37.1 Å². The first-order valence-electron chi connectivity index (χ1n) is 7.05. The summed E-state index contributed by atoms with van der Waals surface area (Å²) in [4.78, 5) is 20.8. The van der Waals surface area contributed by atoms with E-state index < -0.39 is 6.09 Å². The van der Waals surface area contributed by atoms with Gasteiger partial charge >= 0.3 is 6.09 Å². The Morgan fingerprint density at radius 1 is 1.52 bits per heavy atom. The fourth-order valence-corrected chi connectivity index (χ4v) is 2.44. The molecule has 1 aromatic rings. The lowest BCUT2D eigenvalue weighted by atomic mass is 10.1. The van der Waals surface area contributed by atoms with E-state index in [4.69, 9.17) is 15.1 Å². The van der Waals surface area contributed by atoms with Crippen molar-refractivity contribution in [3.8, 4) is 11.9 Å². The van der Waals surface area contributed by atoms with E-state index in [1.807, 2.05) is 6.07 Å². The number of amides is 1. The van der Waals surface area contributed by atoms with Crippen molar-refractivity contribution in [3.63, 3.8) is 0 Å². The lowest BCUT2D eigenvalue weighted by Gasteiger charge is -2.13. The van der Waals surface area contributed by atoms with Crippen molar-refractivity contribution in [1.82, 2.24) is 14.9 Å². The Hall–Kier alpha value is -2.36. The molecule has 3 rings (SSSR count). The number of aromatic nitrogens is 2. The van der Waals surface area contributed by atoms with E-state index in [9.17, 15) is 4.79 Å². The van der Waals surface area contributed by atoms with Crippen LogP contribution in [0.5, 0.6) is 5.88 Å². The molecule has 2 fully saturated rings. The third-order valence-electron chi connectivity index (χ3n) is 3.85. The highest BCUT2D eigenvalue weighted by atomic mass is 16.5. The Labute approximate surface area is 122 Å². The van der Waals surface area contributed by atoms with E-state index in [0.717, 1.165) is 25.1 Å². The zero-order valence-corrected chi connectivity index (χ0v) is 11.5. The first-order valence-corrected chi connectivity index (χ1v) is 7.05. The van der Waals surface area contributed by atoms with Crippen LogP contribution in [0.1, 0.15) is 36.6 Å². The van der Waals surface area contributed by atoms with E-state index in [2.05, 4.69) is 9.97 Å². The number of likely N-dealkylation sites (tertiary alicyclic amines) is 1. The molecule has 1 atom stereocenters. The summed E-state index contributed by atoms with van der Waals surface area (Å²) in [6.45, 7) is 1.38. The number of rotatable bonds is 4. The highest BCUT2D eigenvalue weighted by molar-refractivity contribution is 5.65. The van der Waals surface area contributed by atoms with Crippen LogP contribution in [-0.4, -0.2) is 45.8 Å². The lowest BCUT2D eigenvalue weighted by Crippen LogP contribution is -2.27. The number of carboxylic acid groups (broad SMARTS) is 1. The van der Waals surface area contributed by atoms with Gasteiger partial charge < -0.3 is 14.7 Å². The molecule has 1 amide bonds. The first-order chi connectivity index (χ1) is 10.2. The molecule has 1 N–H and O–H groups in total. The summed E-state index contributed by atoms with van der Waals surface area (Å²) >= 11 is 0. The molecule has 1 saturated carbocycles. The van der Waals surface area contributed by atoms with Crippen molar-refractivity contribution in [1.29, 1.82) is 5.26 Å². The van der Waals surface area contributed by atoms with Gasteiger partial charge in [0.05, 0.1) is 12.8 Å². The largest absolute Gasteiger partial charge is 0.476 e. The average molecular weight is 288 g/mol. The quantitative estimate of drug-likeness (QED) is 0.903. The monoisotopic (exact) mass is 288 g/mol. The van der Waals surface area contributed by atoms with E-state index in [-0.39, 0.29) is 5.92 Å². The van der Waals surface area contributed by atoms with Crippen LogP contribution in [0, 0.1) is 17.2 Å². The molecule has 7 heteroatoms. The number of hydrogen-bond acceptors (Lipinski definition) is 5. The summed E-state index contributed by atoms with van der Waals surface area (Å²) in [7, 11) is 0. The topological polar surface area (TPSA) is 99.3 Å². The average Bonchev–Trinajstić information content (AvgIpc) is 3.22. The maximum absolute atomic E-state index is 10.9. The van der Waals surface area contributed by atoms with Gasteiger partial charge in [-0.2, -0.15) is 10.2 Å². The van der Waals surface area contributed by atoms with Crippen molar-refractivity contribution < 1.29 is 14.6 Å². The molecule has 2 heterocycles. The minimum absolute atomic E-state index is 0.145. The Balaban J connectivity index is 1.63. The number of ether oxygens (including phenoxy) is 1. The van der Waals surface area contributed by atoms with Crippen LogP contribution in [0.15, 0.2) is 6.20 Å². The standard InChI is InChI=1S/C14H16N4O3/c15-5-11-6-16-12(10-1-2-10)17-13(11)21-8-9-3-4-18(7-9)14(19)20/h6,9-10H,1-4,7-8H2,(H,19,20)/t9-/m0/s1. The van der Waals surface area contributed by atoms with Crippen molar-refractivity contribution in [2.45, 2.75) is 25.2 Å². The van der Waals surface area contributed by atoms with Gasteiger partial charge in [0.1, 0.15) is 17.5 Å². The van der Waals surface area contributed by atoms with E-state index in [1.54, 1.807) is 0 Å². The number of hydrogen-bond donors (Lipinski definition) is 1. The van der Waals surface area contributed by atoms with Crippen molar-refractivity contribution in [3.05, 3.63) is 17.6 Å². The summed E-state index contributed by atoms with van der Waals surface area (Å²) < 4.78 is 5.67. The molecule has 0 unspecified atom stereocenters. The zero-order chi connectivity index (χ0) is 14.8. The second-order valence-corrected chi connectivity index (χ2v) is 5.53. The van der Waals surface area contributed by atoms with Gasteiger partial charge in [-0.1, -0.05) is 0 Å². The molecule has 1 aromatic heterocycles. The molecular weight excluding hydrogens is 272 g/mol. The van der Waals surface area contributed by atoms with Crippen molar-refractivity contribution >= 4 is 6.09 Å². The minimum atomic E-state index is -0.895. The van der Waals surface area contributed by atoms with Gasteiger partial charge in [0.15, 0.2) is 0 Å². The first kappa shape index (κ1) is 13.6. The lowest BCUT2D eigenvalue weighted by molar-refractivity contribution is 0.151. The van der Waals surface area contributed by atoms with Gasteiger partial charge in [-0.25, -0.2) is 9.78 Å². The number of carbonyl (C=O) groups is 1. The highest BCUT2D eigenvalue weighted by Gasteiger charge is 2.29. The molecule has 2 aliphatic rings. The molecule has 0 spiro atoms. The Morgan fingerprint density at radius 3 is 2.95 bits per heavy atom. The molecule has 21 heavy (non-hydrogen) atoms. The molecular formula is C14H16N4O3. The molecule has 0 bridgehead atoms. The molecule has 0 radical (unpaired) electrons. The molecule has 7 nitrogen and oxygen atoms in total. The van der Waals surface area contributed by atoms with Crippen LogP contribution in [0.25, 0.3) is 0 Å². The van der Waals surface area contributed by atoms with Gasteiger partial charge in [0.2, 0.25) is 5.88 Å². The van der Waals surface area contributed by atoms with Crippen LogP contribution in [-0.2, 0) is 0 Å². The van der Waals surface area contributed by atoms with Gasteiger partial charge in [0, 0.05) is 24.9 Å². The van der Waals surface area contributed by atoms with Gasteiger partial charge in [-0.15, -0.1) is 0 Å². The summed E-state index contributed by atoms with van der Waals surface area (Å²) in [6, 6.07) is 2.03. The zero-order valence-electron chi connectivity index (χ0n) is 11.5. The minimum Gasteiger partial charge on any atom is -0.476 e. The molecule has 0 aromatic carbocycles. The van der Waals surface area contributed by atoms with Crippen molar-refractivity contribution in [2.75, 3.05) is 19.7 Å². The molecule has 1 saturated heterocycles. The summed E-state index contributed by atoms with van der Waals surface area (Å²) in [5, 5.41) is 18.0. The van der Waals surface area contributed by atoms with Crippen LogP contribution in [0.3, 0.4) is 0 Å². The predicted molar refractivity (Wildman–Crippen MR) is 71.9 cm³/mol. The Morgan fingerprint density at radius 2 is 2.33 bits per heavy atom. The SMILES string of the molecule is N#Cc1cnc(C2CC2)nc1OC[C@H]1CCN(C(=O)O)C1. The number of nitriles is 1. The summed E-state index contributed by atoms with van der Waals surface area (Å²) in [5.74, 6) is 1.60. The van der Waals surface area contributed by atoms with Crippen LogP contribution in [0.4, 0.5) is 4.79 Å². The normalized spacial score (nSPS) is 21.1. The van der Waals surface area contributed by atoms with E-state index >= 15 is 0 Å². The van der Waals surface area contributed by atoms with Gasteiger partial charge in [-0.05, 0) is 19.3 Å². The Bertz CT molecular complexity index is 594. The second kappa shape index (κ2) is 5.56. The molecule has 1 aliphatic carbocycles. The van der Waals surface area contributed by atoms with Crippen LogP contribution < -0.4 is 4.74 Å².